The topological polar surface area (TPSA) is 12.4 Å². The van der Waals surface area contributed by atoms with E-state index in [2.05, 4.69) is 185 Å². The first-order valence-corrected chi connectivity index (χ1v) is 22.9. The van der Waals surface area contributed by atoms with Gasteiger partial charge >= 0.3 is 0 Å². The fourth-order valence-electron chi connectivity index (χ4n) is 10.0. The highest BCUT2D eigenvalue weighted by atomic mass is 32.1. The molecule has 62 heavy (non-hydrogen) atoms. The molecule has 0 aliphatic heterocycles. The van der Waals surface area contributed by atoms with Gasteiger partial charge in [0.2, 0.25) is 0 Å². The van der Waals surface area contributed by atoms with E-state index in [1.54, 1.807) is 7.05 Å². The minimum atomic E-state index is -0.0185. The Bertz CT molecular complexity index is 2990. The summed E-state index contributed by atoms with van der Waals surface area (Å²) in [5.41, 5.74) is 21.2. The second-order valence-corrected chi connectivity index (χ2v) is 18.5. The average molecular weight is 824 g/mol. The van der Waals surface area contributed by atoms with Crippen LogP contribution in [0.25, 0.3) is 53.6 Å². The number of hydrogen-bond acceptors (Lipinski definition) is 2. The second-order valence-electron chi connectivity index (χ2n) is 17.4. The number of rotatable bonds is 4. The van der Waals surface area contributed by atoms with Crippen LogP contribution in [0.1, 0.15) is 98.9 Å². The first-order valence-electron chi connectivity index (χ1n) is 22.1. The summed E-state index contributed by atoms with van der Waals surface area (Å²) in [7, 11) is 1.64. The van der Waals surface area contributed by atoms with Gasteiger partial charge in [0.05, 0.1) is 0 Å². The lowest BCUT2D eigenvalue weighted by atomic mass is 9.78. The maximum atomic E-state index is 3.25. The van der Waals surface area contributed by atoms with Gasteiger partial charge in [-0.3, -0.25) is 0 Å². The van der Waals surface area contributed by atoms with Crippen molar-refractivity contribution >= 4 is 49.4 Å². The Balaban J connectivity index is 0.000000391. The molecule has 0 unspecified atom stereocenters. The first-order chi connectivity index (χ1) is 30.1. The summed E-state index contributed by atoms with van der Waals surface area (Å²) in [5.74, 6) is 0. The van der Waals surface area contributed by atoms with Crippen molar-refractivity contribution in [2.75, 3.05) is 7.05 Å². The van der Waals surface area contributed by atoms with E-state index in [1.165, 1.54) is 98.1 Å². The molecule has 3 aliphatic carbocycles. The lowest BCUT2D eigenvalue weighted by Crippen LogP contribution is -2.15. The van der Waals surface area contributed by atoms with Gasteiger partial charge in [-0.1, -0.05) is 187 Å². The molecule has 8 aromatic rings. The number of aliphatic imine (C=N–C) groups is 1. The molecule has 308 valence electrons. The molecule has 1 aromatic heterocycles. The van der Waals surface area contributed by atoms with Gasteiger partial charge in [-0.15, -0.1) is 11.3 Å². The second kappa shape index (κ2) is 17.6. The van der Waals surface area contributed by atoms with Crippen molar-refractivity contribution in [2.45, 2.75) is 78.6 Å². The standard InChI is InChI=1S/C49H40S.C7H6.C2H5N.C2H6/c1-48(2)40-18-8-5-14-38(40)46-34(16-11-20-42(46)48)31-24-26-33(37-17-12-21-43-47(37)39-15-6-9-19-41(39)49(43,3)4)32(29-31)27-30-23-25-36-35-13-7-10-22-44(35)50-45(36)28-30;1-7-5-3-2-4-6-7;1-3-2;1-2/h5-23,25,28-29H,24,26-27H2,1-4H3;2-3,5H,1H3;1H2,2H3;1-2H3. The summed E-state index contributed by atoms with van der Waals surface area (Å²) in [6, 6.07) is 59.8. The van der Waals surface area contributed by atoms with E-state index in [4.69, 9.17) is 0 Å². The molecular formula is C60H57NS. The Kier molecular flexibility index (Phi) is 12.0. The van der Waals surface area contributed by atoms with Gasteiger partial charge in [-0.05, 0) is 135 Å². The fourth-order valence-corrected chi connectivity index (χ4v) is 11.2. The Morgan fingerprint density at radius 1 is 0.597 bits per heavy atom. The zero-order valence-corrected chi connectivity index (χ0v) is 38.4. The Labute approximate surface area is 374 Å². The largest absolute Gasteiger partial charge is 0.304 e. The van der Waals surface area contributed by atoms with Crippen LogP contribution in [0.4, 0.5) is 0 Å². The van der Waals surface area contributed by atoms with Crippen molar-refractivity contribution in [3.63, 3.8) is 0 Å². The molecule has 7 aromatic carbocycles. The molecule has 0 fully saturated rings. The van der Waals surface area contributed by atoms with E-state index in [-0.39, 0.29) is 10.8 Å². The monoisotopic (exact) mass is 823 g/mol. The highest BCUT2D eigenvalue weighted by Crippen LogP contribution is 2.55. The van der Waals surface area contributed by atoms with Gasteiger partial charge in [0.25, 0.3) is 0 Å². The Hall–Kier alpha value is -6.27. The molecule has 3 aliphatic rings. The van der Waals surface area contributed by atoms with Crippen LogP contribution in [0, 0.1) is 19.1 Å². The fraction of sp³-hybridized carbons (Fsp3) is 0.217. The number of fused-ring (bicyclic) bond motifs is 9. The van der Waals surface area contributed by atoms with Crippen LogP contribution in [-0.4, -0.2) is 13.8 Å². The number of aryl methyl sites for hydroxylation is 1. The smallest absolute Gasteiger partial charge is 0.0358 e. The highest BCUT2D eigenvalue weighted by molar-refractivity contribution is 7.25. The third-order valence-electron chi connectivity index (χ3n) is 12.9. The van der Waals surface area contributed by atoms with Crippen molar-refractivity contribution in [2.24, 2.45) is 4.99 Å². The zero-order chi connectivity index (χ0) is 43.6. The molecule has 0 spiro atoms. The van der Waals surface area contributed by atoms with Crippen molar-refractivity contribution < 1.29 is 0 Å². The van der Waals surface area contributed by atoms with Crippen molar-refractivity contribution in [3.05, 3.63) is 214 Å². The predicted molar refractivity (Wildman–Crippen MR) is 271 cm³/mol. The number of hydrogen-bond donors (Lipinski definition) is 0. The van der Waals surface area contributed by atoms with E-state index in [0.717, 1.165) is 24.8 Å². The van der Waals surface area contributed by atoms with Crippen LogP contribution in [0.5, 0.6) is 0 Å². The van der Waals surface area contributed by atoms with Gasteiger partial charge in [0.15, 0.2) is 0 Å². The maximum absolute atomic E-state index is 3.25. The van der Waals surface area contributed by atoms with Gasteiger partial charge in [0, 0.05) is 38.0 Å². The number of benzene rings is 6. The molecular weight excluding hydrogens is 767 g/mol. The molecule has 0 amide bonds. The number of allylic oxidation sites excluding steroid dienone is 4. The van der Waals surface area contributed by atoms with E-state index in [0.29, 0.717) is 0 Å². The number of thiophene rings is 1. The maximum Gasteiger partial charge on any atom is 0.0358 e. The first kappa shape index (κ1) is 42.4. The van der Waals surface area contributed by atoms with E-state index >= 15 is 0 Å². The van der Waals surface area contributed by atoms with Crippen LogP contribution in [0.3, 0.4) is 0 Å². The molecule has 0 radical (unpaired) electrons. The molecule has 0 N–H and O–H groups in total. The predicted octanol–water partition coefficient (Wildman–Crippen LogP) is 16.5. The molecule has 0 bridgehead atoms. The zero-order valence-electron chi connectivity index (χ0n) is 37.6. The lowest BCUT2D eigenvalue weighted by Gasteiger charge is -2.26. The van der Waals surface area contributed by atoms with Crippen LogP contribution >= 0.6 is 11.3 Å². The highest BCUT2D eigenvalue weighted by Gasteiger charge is 2.39. The van der Waals surface area contributed by atoms with Crippen LogP contribution in [0.15, 0.2) is 162 Å². The van der Waals surface area contributed by atoms with Crippen LogP contribution in [-0.2, 0) is 17.3 Å². The SMILES string of the molecule is C=NC.CC.CC1(C)c2ccccc2-c2c(C3=CC(Cc4ccc5c(c4)sc4ccccc45)=C(c4cccc5c4-c4ccccc4C5(C)C)CC3)cccc21.Cc1c#cccc1. The third-order valence-corrected chi connectivity index (χ3v) is 14.0. The van der Waals surface area contributed by atoms with Crippen molar-refractivity contribution in [1.82, 2.24) is 0 Å². The number of nitrogens with zero attached hydrogens (tertiary/aromatic N) is 1. The van der Waals surface area contributed by atoms with Gasteiger partial charge in [0.1, 0.15) is 0 Å². The average Bonchev–Trinajstić information content (AvgIpc) is 3.87. The molecule has 11 rings (SSSR count). The van der Waals surface area contributed by atoms with Crippen molar-refractivity contribution in [1.29, 1.82) is 0 Å². The summed E-state index contributed by atoms with van der Waals surface area (Å²) >= 11 is 1.92. The quantitative estimate of drug-likeness (QED) is 0.157. The molecule has 0 saturated carbocycles. The third kappa shape index (κ3) is 7.54. The van der Waals surface area contributed by atoms with Gasteiger partial charge < -0.3 is 4.99 Å². The van der Waals surface area contributed by atoms with Crippen LogP contribution in [0.2, 0.25) is 0 Å². The molecule has 0 saturated heterocycles. The van der Waals surface area contributed by atoms with E-state index in [9.17, 15) is 0 Å². The Morgan fingerprint density at radius 2 is 1.15 bits per heavy atom. The molecule has 1 nitrogen and oxygen atoms in total. The lowest BCUT2D eigenvalue weighted by molar-refractivity contribution is 0.660. The van der Waals surface area contributed by atoms with Gasteiger partial charge in [-0.25, -0.2) is 0 Å². The summed E-state index contributed by atoms with van der Waals surface area (Å²) < 4.78 is 2.74. The minimum absolute atomic E-state index is 0.00849. The summed E-state index contributed by atoms with van der Waals surface area (Å²) in [6.45, 7) is 18.7. The van der Waals surface area contributed by atoms with Gasteiger partial charge in [-0.2, -0.15) is 0 Å². The molecule has 1 heterocycles. The Morgan fingerprint density at radius 3 is 1.76 bits per heavy atom. The van der Waals surface area contributed by atoms with E-state index < -0.39 is 0 Å². The summed E-state index contributed by atoms with van der Waals surface area (Å²) in [5, 5.41) is 2.73. The summed E-state index contributed by atoms with van der Waals surface area (Å²) in [4.78, 5) is 3.25. The van der Waals surface area contributed by atoms with E-state index in [1.807, 2.05) is 50.3 Å². The van der Waals surface area contributed by atoms with Crippen molar-refractivity contribution in [3.8, 4) is 22.3 Å². The molecule has 0 atom stereocenters. The normalized spacial score (nSPS) is 14.6. The molecule has 2 heteroatoms. The minimum Gasteiger partial charge on any atom is -0.304 e. The summed E-state index contributed by atoms with van der Waals surface area (Å²) in [6.07, 6.45) is 5.56. The van der Waals surface area contributed by atoms with Crippen LogP contribution < -0.4 is 0 Å².